The summed E-state index contributed by atoms with van der Waals surface area (Å²) in [6.07, 6.45) is 2.59. The van der Waals surface area contributed by atoms with Gasteiger partial charge in [-0.15, -0.1) is 0 Å². The second-order valence-corrected chi connectivity index (χ2v) is 5.96. The van der Waals surface area contributed by atoms with Gasteiger partial charge in [-0.3, -0.25) is 14.9 Å². The Kier molecular flexibility index (Phi) is 4.53. The van der Waals surface area contributed by atoms with Gasteiger partial charge in [-0.1, -0.05) is 30.3 Å². The van der Waals surface area contributed by atoms with Crippen molar-refractivity contribution in [3.05, 3.63) is 71.6 Å². The summed E-state index contributed by atoms with van der Waals surface area (Å²) in [5, 5.41) is 7.39. The molecule has 0 spiro atoms. The molecule has 1 heterocycles. The molecule has 1 fully saturated rings. The molecule has 0 saturated carbocycles. The van der Waals surface area contributed by atoms with Crippen molar-refractivity contribution in [1.29, 1.82) is 0 Å². The number of rotatable bonds is 4. The Balaban J connectivity index is 1.75. The van der Waals surface area contributed by atoms with Gasteiger partial charge in [0.15, 0.2) is 0 Å². The number of nitrogens with one attached hydrogen (secondary N) is 3. The molecule has 3 rings (SSSR count). The van der Waals surface area contributed by atoms with Gasteiger partial charge in [0.05, 0.1) is 0 Å². The smallest absolute Gasteiger partial charge is 0.322 e. The van der Waals surface area contributed by atoms with Crippen molar-refractivity contribution in [2.75, 3.05) is 5.32 Å². The van der Waals surface area contributed by atoms with Crippen molar-refractivity contribution in [3.63, 3.8) is 0 Å². The van der Waals surface area contributed by atoms with Crippen molar-refractivity contribution in [2.24, 2.45) is 0 Å². The molecule has 1 aliphatic rings. The monoisotopic (exact) mass is 353 g/mol. The van der Waals surface area contributed by atoms with Crippen LogP contribution < -0.4 is 16.0 Å². The molecular formula is C19H16FN3O3. The van der Waals surface area contributed by atoms with E-state index in [1.54, 1.807) is 49.4 Å². The topological polar surface area (TPSA) is 87.3 Å². The molecule has 0 bridgehead atoms. The summed E-state index contributed by atoms with van der Waals surface area (Å²) >= 11 is 0. The van der Waals surface area contributed by atoms with Gasteiger partial charge in [-0.2, -0.15) is 0 Å². The number of amides is 4. The van der Waals surface area contributed by atoms with E-state index >= 15 is 0 Å². The fraction of sp³-hybridized carbons (Fsp3) is 0.105. The Morgan fingerprint density at radius 2 is 1.92 bits per heavy atom. The van der Waals surface area contributed by atoms with Crippen LogP contribution >= 0.6 is 0 Å². The van der Waals surface area contributed by atoms with Crippen LogP contribution in [0.3, 0.4) is 0 Å². The highest BCUT2D eigenvalue weighted by atomic mass is 19.1. The zero-order valence-electron chi connectivity index (χ0n) is 13.9. The lowest BCUT2D eigenvalue weighted by Crippen LogP contribution is -2.40. The summed E-state index contributed by atoms with van der Waals surface area (Å²) in [5.74, 6) is -1.34. The Hall–Kier alpha value is -3.48. The number of hydrogen-bond donors (Lipinski definition) is 3. The molecule has 1 saturated heterocycles. The molecular weight excluding hydrogens is 337 g/mol. The Morgan fingerprint density at radius 3 is 2.62 bits per heavy atom. The molecule has 0 unspecified atom stereocenters. The maximum atomic E-state index is 13.5. The first-order valence-corrected chi connectivity index (χ1v) is 7.86. The normalized spacial score (nSPS) is 19.3. The molecule has 1 atom stereocenters. The Morgan fingerprint density at radius 1 is 1.15 bits per heavy atom. The van der Waals surface area contributed by atoms with E-state index in [-0.39, 0.29) is 0 Å². The minimum Gasteiger partial charge on any atom is -0.323 e. The van der Waals surface area contributed by atoms with Gasteiger partial charge in [0.2, 0.25) is 5.91 Å². The summed E-state index contributed by atoms with van der Waals surface area (Å²) in [6.45, 7) is 1.58. The standard InChI is InChI=1S/C19H16FN3O3/c1-19(17(25)22-18(26)23-19)13-6-4-7-14(11-13)21-16(24)10-9-12-5-2-3-8-15(12)20/h2-11H,1H3,(H,21,24)(H2,22,23,25,26)/b10-9+/t19-/m0/s1. The van der Waals surface area contributed by atoms with Gasteiger partial charge in [0.25, 0.3) is 5.91 Å². The van der Waals surface area contributed by atoms with Crippen molar-refractivity contribution in [1.82, 2.24) is 10.6 Å². The van der Waals surface area contributed by atoms with Gasteiger partial charge in [0, 0.05) is 17.3 Å². The van der Waals surface area contributed by atoms with Gasteiger partial charge >= 0.3 is 6.03 Å². The predicted molar refractivity (Wildman–Crippen MR) is 94.5 cm³/mol. The molecule has 7 heteroatoms. The van der Waals surface area contributed by atoms with Crippen LogP contribution in [0.5, 0.6) is 0 Å². The first kappa shape index (κ1) is 17.3. The van der Waals surface area contributed by atoms with Crippen molar-refractivity contribution >= 4 is 29.6 Å². The van der Waals surface area contributed by atoms with Crippen LogP contribution in [0.4, 0.5) is 14.9 Å². The molecule has 0 aromatic heterocycles. The highest BCUT2D eigenvalue weighted by Gasteiger charge is 2.43. The van der Waals surface area contributed by atoms with Crippen LogP contribution in [0.2, 0.25) is 0 Å². The number of urea groups is 1. The van der Waals surface area contributed by atoms with Crippen molar-refractivity contribution < 1.29 is 18.8 Å². The van der Waals surface area contributed by atoms with E-state index in [0.29, 0.717) is 16.8 Å². The third-order valence-corrected chi connectivity index (χ3v) is 4.07. The molecule has 26 heavy (non-hydrogen) atoms. The van der Waals surface area contributed by atoms with Gasteiger partial charge in [-0.05, 0) is 36.8 Å². The summed E-state index contributed by atoms with van der Waals surface area (Å²) in [5.41, 5.74) is 0.0627. The Bertz CT molecular complexity index is 926. The van der Waals surface area contributed by atoms with Gasteiger partial charge in [0.1, 0.15) is 11.4 Å². The van der Waals surface area contributed by atoms with E-state index in [1.807, 2.05) is 0 Å². The second-order valence-electron chi connectivity index (χ2n) is 5.96. The SMILES string of the molecule is C[C@@]1(c2cccc(NC(=O)/C=C/c3ccccc3F)c2)NC(=O)NC1=O. The molecule has 2 aromatic rings. The summed E-state index contributed by atoms with van der Waals surface area (Å²) in [4.78, 5) is 35.5. The molecule has 1 aliphatic heterocycles. The van der Waals surface area contributed by atoms with Crippen LogP contribution in [0, 0.1) is 5.82 Å². The third kappa shape index (κ3) is 3.46. The molecule has 0 radical (unpaired) electrons. The number of hydrogen-bond acceptors (Lipinski definition) is 3. The number of halogens is 1. The Labute approximate surface area is 149 Å². The molecule has 4 amide bonds. The first-order chi connectivity index (χ1) is 12.4. The molecule has 3 N–H and O–H groups in total. The van der Waals surface area contributed by atoms with E-state index in [2.05, 4.69) is 16.0 Å². The quantitative estimate of drug-likeness (QED) is 0.583. The number of carbonyl (C=O) groups excluding carboxylic acids is 3. The van der Waals surface area contributed by atoms with Crippen LogP contribution in [0.15, 0.2) is 54.6 Å². The fourth-order valence-electron chi connectivity index (χ4n) is 2.61. The van der Waals surface area contributed by atoms with E-state index in [4.69, 9.17) is 0 Å². The van der Waals surface area contributed by atoms with Crippen LogP contribution in [-0.2, 0) is 15.1 Å². The van der Waals surface area contributed by atoms with Crippen LogP contribution in [0.1, 0.15) is 18.1 Å². The highest BCUT2D eigenvalue weighted by Crippen LogP contribution is 2.26. The third-order valence-electron chi connectivity index (χ3n) is 4.07. The zero-order chi connectivity index (χ0) is 18.7. The highest BCUT2D eigenvalue weighted by molar-refractivity contribution is 6.07. The average molecular weight is 353 g/mol. The number of anilines is 1. The molecule has 132 valence electrons. The fourth-order valence-corrected chi connectivity index (χ4v) is 2.61. The number of benzene rings is 2. The lowest BCUT2D eigenvalue weighted by atomic mass is 9.92. The van der Waals surface area contributed by atoms with E-state index < -0.39 is 29.2 Å². The van der Waals surface area contributed by atoms with Crippen LogP contribution in [-0.4, -0.2) is 17.8 Å². The van der Waals surface area contributed by atoms with E-state index in [9.17, 15) is 18.8 Å². The molecule has 0 aliphatic carbocycles. The van der Waals surface area contributed by atoms with E-state index in [0.717, 1.165) is 0 Å². The lowest BCUT2D eigenvalue weighted by molar-refractivity contribution is -0.123. The predicted octanol–water partition coefficient (Wildman–Crippen LogP) is 2.53. The maximum absolute atomic E-state index is 13.5. The average Bonchev–Trinajstić information content (AvgIpc) is 2.87. The largest absolute Gasteiger partial charge is 0.323 e. The second kappa shape index (κ2) is 6.79. The number of carbonyl (C=O) groups is 3. The lowest BCUT2D eigenvalue weighted by Gasteiger charge is -2.21. The number of imide groups is 1. The summed E-state index contributed by atoms with van der Waals surface area (Å²) < 4.78 is 13.5. The van der Waals surface area contributed by atoms with Gasteiger partial charge < -0.3 is 10.6 Å². The zero-order valence-corrected chi connectivity index (χ0v) is 13.9. The minimum absolute atomic E-state index is 0.300. The summed E-state index contributed by atoms with van der Waals surface area (Å²) in [7, 11) is 0. The van der Waals surface area contributed by atoms with Gasteiger partial charge in [-0.25, -0.2) is 9.18 Å². The van der Waals surface area contributed by atoms with Crippen molar-refractivity contribution in [2.45, 2.75) is 12.5 Å². The minimum atomic E-state index is -1.21. The van der Waals surface area contributed by atoms with Crippen LogP contribution in [0.25, 0.3) is 6.08 Å². The first-order valence-electron chi connectivity index (χ1n) is 7.86. The molecule has 2 aromatic carbocycles. The van der Waals surface area contributed by atoms with E-state index in [1.165, 1.54) is 18.2 Å². The summed E-state index contributed by atoms with van der Waals surface area (Å²) in [6, 6.07) is 12.1. The van der Waals surface area contributed by atoms with Crippen molar-refractivity contribution in [3.8, 4) is 0 Å². The molecule has 6 nitrogen and oxygen atoms in total. The maximum Gasteiger partial charge on any atom is 0.322 e.